The predicted octanol–water partition coefficient (Wildman–Crippen LogP) is 2.22. The molecule has 2 rings (SSSR count). The minimum atomic E-state index is -0.352. The first kappa shape index (κ1) is 11.5. The fraction of sp³-hybridized carbons (Fsp3) is 0.500. The van der Waals surface area contributed by atoms with Crippen molar-refractivity contribution in [3.8, 4) is 0 Å². The fourth-order valence-corrected chi connectivity index (χ4v) is 2.31. The SMILES string of the molecule is O=[N+]([O-])c1cc(Br)cnc1C1CCNCC1. The number of aromatic nitrogens is 1. The third kappa shape index (κ3) is 2.38. The van der Waals surface area contributed by atoms with Crippen LogP contribution < -0.4 is 5.32 Å². The number of nitro groups is 1. The normalized spacial score (nSPS) is 17.3. The molecule has 0 aliphatic carbocycles. The largest absolute Gasteiger partial charge is 0.317 e. The number of piperidine rings is 1. The van der Waals surface area contributed by atoms with Crippen LogP contribution in [0.5, 0.6) is 0 Å². The molecule has 5 nitrogen and oxygen atoms in total. The molecular weight excluding hydrogens is 274 g/mol. The summed E-state index contributed by atoms with van der Waals surface area (Å²) in [6.07, 6.45) is 3.45. The maximum Gasteiger partial charge on any atom is 0.292 e. The van der Waals surface area contributed by atoms with Gasteiger partial charge in [0.1, 0.15) is 5.69 Å². The van der Waals surface area contributed by atoms with Gasteiger partial charge in [0.25, 0.3) is 5.69 Å². The van der Waals surface area contributed by atoms with Gasteiger partial charge in [-0.3, -0.25) is 15.1 Å². The molecule has 0 spiro atoms. The Hall–Kier alpha value is -1.01. The van der Waals surface area contributed by atoms with E-state index in [0.29, 0.717) is 10.2 Å². The van der Waals surface area contributed by atoms with Crippen molar-refractivity contribution in [2.45, 2.75) is 18.8 Å². The Morgan fingerprint density at radius 1 is 1.50 bits per heavy atom. The third-order valence-corrected chi connectivity index (χ3v) is 3.22. The van der Waals surface area contributed by atoms with Gasteiger partial charge in [-0.05, 0) is 41.9 Å². The molecule has 1 N–H and O–H groups in total. The van der Waals surface area contributed by atoms with Gasteiger partial charge in [0.2, 0.25) is 0 Å². The van der Waals surface area contributed by atoms with Gasteiger partial charge in [0, 0.05) is 22.7 Å². The molecule has 16 heavy (non-hydrogen) atoms. The second-order valence-corrected chi connectivity index (χ2v) is 4.75. The summed E-state index contributed by atoms with van der Waals surface area (Å²) >= 11 is 3.21. The van der Waals surface area contributed by atoms with E-state index in [2.05, 4.69) is 26.2 Å². The smallest absolute Gasteiger partial charge is 0.292 e. The summed E-state index contributed by atoms with van der Waals surface area (Å²) in [5, 5.41) is 14.2. The first-order chi connectivity index (χ1) is 7.68. The van der Waals surface area contributed by atoms with Crippen LogP contribution in [0.1, 0.15) is 24.5 Å². The van der Waals surface area contributed by atoms with Crippen molar-refractivity contribution >= 4 is 21.6 Å². The van der Waals surface area contributed by atoms with E-state index in [0.717, 1.165) is 25.9 Å². The van der Waals surface area contributed by atoms with Crippen molar-refractivity contribution < 1.29 is 4.92 Å². The molecule has 1 aliphatic rings. The Bertz CT molecular complexity index is 405. The van der Waals surface area contributed by atoms with Crippen LogP contribution in [0.3, 0.4) is 0 Å². The zero-order valence-corrected chi connectivity index (χ0v) is 10.2. The molecule has 1 fully saturated rings. The average Bonchev–Trinajstić information content (AvgIpc) is 2.30. The molecule has 2 heterocycles. The zero-order chi connectivity index (χ0) is 11.5. The van der Waals surface area contributed by atoms with Crippen LogP contribution in [-0.2, 0) is 0 Å². The van der Waals surface area contributed by atoms with Gasteiger partial charge in [-0.25, -0.2) is 0 Å². The lowest BCUT2D eigenvalue weighted by Crippen LogP contribution is -2.27. The molecule has 0 radical (unpaired) electrons. The molecule has 0 amide bonds. The van der Waals surface area contributed by atoms with Gasteiger partial charge in [0.05, 0.1) is 4.92 Å². The van der Waals surface area contributed by atoms with Crippen LogP contribution in [-0.4, -0.2) is 23.0 Å². The lowest BCUT2D eigenvalue weighted by Gasteiger charge is -2.21. The number of rotatable bonds is 2. The van der Waals surface area contributed by atoms with Crippen molar-refractivity contribution in [1.29, 1.82) is 0 Å². The van der Waals surface area contributed by atoms with Crippen molar-refractivity contribution in [2.24, 2.45) is 0 Å². The Labute approximate surface area is 102 Å². The Kier molecular flexibility index (Phi) is 3.50. The van der Waals surface area contributed by atoms with Crippen LogP contribution in [0, 0.1) is 10.1 Å². The van der Waals surface area contributed by atoms with E-state index in [4.69, 9.17) is 0 Å². The van der Waals surface area contributed by atoms with Crippen LogP contribution >= 0.6 is 15.9 Å². The van der Waals surface area contributed by atoms with E-state index >= 15 is 0 Å². The molecule has 0 atom stereocenters. The standard InChI is InChI=1S/C10H12BrN3O2/c11-8-5-9(14(15)16)10(13-6-8)7-1-3-12-4-2-7/h5-7,12H,1-4H2. The van der Waals surface area contributed by atoms with Crippen molar-refractivity contribution in [3.63, 3.8) is 0 Å². The Morgan fingerprint density at radius 3 is 2.81 bits per heavy atom. The molecule has 1 saturated heterocycles. The summed E-state index contributed by atoms with van der Waals surface area (Å²) in [5.41, 5.74) is 0.746. The van der Waals surface area contributed by atoms with Crippen LogP contribution in [0.15, 0.2) is 16.7 Å². The monoisotopic (exact) mass is 285 g/mol. The van der Waals surface area contributed by atoms with Gasteiger partial charge in [-0.15, -0.1) is 0 Å². The number of hydrogen-bond acceptors (Lipinski definition) is 4. The second kappa shape index (κ2) is 4.88. The van der Waals surface area contributed by atoms with Gasteiger partial charge in [0.15, 0.2) is 0 Å². The molecule has 0 unspecified atom stereocenters. The van der Waals surface area contributed by atoms with Gasteiger partial charge in [-0.2, -0.15) is 0 Å². The first-order valence-electron chi connectivity index (χ1n) is 5.19. The second-order valence-electron chi connectivity index (χ2n) is 3.84. The van der Waals surface area contributed by atoms with Crippen LogP contribution in [0.4, 0.5) is 5.69 Å². The summed E-state index contributed by atoms with van der Waals surface area (Å²) in [4.78, 5) is 14.8. The number of hydrogen-bond donors (Lipinski definition) is 1. The third-order valence-electron chi connectivity index (χ3n) is 2.79. The highest BCUT2D eigenvalue weighted by atomic mass is 79.9. The van der Waals surface area contributed by atoms with E-state index < -0.39 is 0 Å². The highest BCUT2D eigenvalue weighted by Crippen LogP contribution is 2.32. The molecule has 86 valence electrons. The van der Waals surface area contributed by atoms with E-state index in [1.54, 1.807) is 6.20 Å². The summed E-state index contributed by atoms with van der Waals surface area (Å²) in [6, 6.07) is 1.53. The summed E-state index contributed by atoms with van der Waals surface area (Å²) in [7, 11) is 0. The van der Waals surface area contributed by atoms with Crippen LogP contribution in [0.25, 0.3) is 0 Å². The van der Waals surface area contributed by atoms with Gasteiger partial charge >= 0.3 is 0 Å². The molecule has 1 aromatic rings. The predicted molar refractivity (Wildman–Crippen MR) is 63.4 cm³/mol. The topological polar surface area (TPSA) is 68.1 Å². The summed E-state index contributed by atoms with van der Waals surface area (Å²) in [5.74, 6) is 0.203. The quantitative estimate of drug-likeness (QED) is 0.668. The lowest BCUT2D eigenvalue weighted by atomic mass is 9.93. The van der Waals surface area contributed by atoms with Gasteiger partial charge < -0.3 is 5.32 Å². The number of nitrogens with one attached hydrogen (secondary N) is 1. The van der Waals surface area contributed by atoms with Crippen LogP contribution in [0.2, 0.25) is 0 Å². The zero-order valence-electron chi connectivity index (χ0n) is 8.65. The first-order valence-corrected chi connectivity index (χ1v) is 5.98. The Morgan fingerprint density at radius 2 is 2.19 bits per heavy atom. The number of pyridine rings is 1. The van der Waals surface area contributed by atoms with E-state index in [1.165, 1.54) is 6.07 Å². The molecule has 1 aliphatic heterocycles. The molecule has 0 bridgehead atoms. The maximum absolute atomic E-state index is 10.9. The van der Waals surface area contributed by atoms with Crippen molar-refractivity contribution in [3.05, 3.63) is 32.5 Å². The molecule has 1 aromatic heterocycles. The molecular formula is C10H12BrN3O2. The highest BCUT2D eigenvalue weighted by Gasteiger charge is 2.25. The van der Waals surface area contributed by atoms with Crippen molar-refractivity contribution in [1.82, 2.24) is 10.3 Å². The molecule has 6 heteroatoms. The van der Waals surface area contributed by atoms with Gasteiger partial charge in [-0.1, -0.05) is 0 Å². The summed E-state index contributed by atoms with van der Waals surface area (Å²) < 4.78 is 0.650. The lowest BCUT2D eigenvalue weighted by molar-refractivity contribution is -0.386. The summed E-state index contributed by atoms with van der Waals surface area (Å²) in [6.45, 7) is 1.80. The maximum atomic E-state index is 10.9. The minimum Gasteiger partial charge on any atom is -0.317 e. The number of halogens is 1. The molecule has 0 aromatic carbocycles. The van der Waals surface area contributed by atoms with E-state index in [-0.39, 0.29) is 16.5 Å². The van der Waals surface area contributed by atoms with E-state index in [9.17, 15) is 10.1 Å². The number of nitrogens with zero attached hydrogens (tertiary/aromatic N) is 2. The average molecular weight is 286 g/mol. The fourth-order valence-electron chi connectivity index (χ4n) is 2.00. The van der Waals surface area contributed by atoms with E-state index in [1.807, 2.05) is 0 Å². The molecule has 0 saturated carbocycles. The minimum absolute atomic E-state index is 0.126. The highest BCUT2D eigenvalue weighted by molar-refractivity contribution is 9.10. The Balaban J connectivity index is 2.34. The van der Waals surface area contributed by atoms with Crippen molar-refractivity contribution in [2.75, 3.05) is 13.1 Å².